The monoisotopic (exact) mass is 600 g/mol. The highest BCUT2D eigenvalue weighted by Gasteiger charge is 2.41. The van der Waals surface area contributed by atoms with Gasteiger partial charge >= 0.3 is 18.1 Å². The number of aryl methyl sites for hydroxylation is 2. The summed E-state index contributed by atoms with van der Waals surface area (Å²) in [5.74, 6) is -1.59. The van der Waals surface area contributed by atoms with Crippen molar-refractivity contribution in [3.63, 3.8) is 0 Å². The zero-order chi connectivity index (χ0) is 32.2. The van der Waals surface area contributed by atoms with Gasteiger partial charge in [0.2, 0.25) is 0 Å². The summed E-state index contributed by atoms with van der Waals surface area (Å²) in [6.45, 7) is 11.5. The topological polar surface area (TPSA) is 113 Å². The van der Waals surface area contributed by atoms with Gasteiger partial charge in [-0.2, -0.15) is 0 Å². The molecule has 0 bridgehead atoms. The lowest BCUT2D eigenvalue weighted by atomic mass is 9.83. The van der Waals surface area contributed by atoms with E-state index >= 15 is 0 Å². The molecule has 2 atom stereocenters. The third-order valence-corrected chi connectivity index (χ3v) is 8.23. The molecule has 43 heavy (non-hydrogen) atoms. The number of benzene rings is 1. The first-order chi connectivity index (χ1) is 20.7. The smallest absolute Gasteiger partial charge is 0.418 e. The van der Waals surface area contributed by atoms with E-state index in [2.05, 4.69) is 18.3 Å². The maximum Gasteiger partial charge on any atom is 0.418 e. The van der Waals surface area contributed by atoms with Crippen molar-refractivity contribution in [3.8, 4) is 0 Å². The van der Waals surface area contributed by atoms with Crippen molar-refractivity contribution in [1.29, 1.82) is 0 Å². The number of carboxylic acid groups (broad SMARTS) is 1. The van der Waals surface area contributed by atoms with E-state index in [0.29, 0.717) is 5.70 Å². The van der Waals surface area contributed by atoms with Gasteiger partial charge in [-0.05, 0) is 62.3 Å². The molecule has 0 spiro atoms. The minimum Gasteiger partial charge on any atom is -0.481 e. The van der Waals surface area contributed by atoms with Crippen LogP contribution in [0.2, 0.25) is 0 Å². The van der Waals surface area contributed by atoms with Crippen molar-refractivity contribution in [2.24, 2.45) is 5.92 Å². The molecule has 0 saturated carbocycles. The Morgan fingerprint density at radius 3 is 1.98 bits per heavy atom. The number of carbonyl (C=O) groups is 4. The second-order valence-corrected chi connectivity index (χ2v) is 11.6. The zero-order valence-electron chi connectivity index (χ0n) is 27.3. The molecule has 1 aromatic rings. The summed E-state index contributed by atoms with van der Waals surface area (Å²) in [5.41, 5.74) is 4.30. The average Bonchev–Trinajstić information content (AvgIpc) is 2.98. The van der Waals surface area contributed by atoms with Crippen LogP contribution in [0.4, 0.5) is 9.59 Å². The average molecular weight is 601 g/mol. The molecular weight excluding hydrogens is 544 g/mol. The highest BCUT2D eigenvalue weighted by molar-refractivity contribution is 5.94. The van der Waals surface area contributed by atoms with Crippen molar-refractivity contribution in [2.45, 2.75) is 137 Å². The Hall–Kier alpha value is -3.16. The number of amides is 3. The molecule has 8 nitrogen and oxygen atoms in total. The van der Waals surface area contributed by atoms with Crippen molar-refractivity contribution >= 4 is 24.9 Å². The standard InChI is InChI=1S/C34H54N2O5.CH2O/c1-6-8-9-10-11-12-13-14-15-16-17-18-19-22-28-23-20-21-25(3)30(28)31-29(24-26(4)32(37)38)27(5)35-33(39)36(31)34(40)41-7-2;1-2/h20-21,23,26,31H,6-19,22,24H2,1-5H3,(H,35,39)(H,37,38);1H2. The fraction of sp³-hybridized carbons (Fsp3) is 0.657. The van der Waals surface area contributed by atoms with Gasteiger partial charge in [0.15, 0.2) is 0 Å². The second kappa shape index (κ2) is 21.5. The summed E-state index contributed by atoms with van der Waals surface area (Å²) in [5, 5.41) is 12.4. The minimum absolute atomic E-state index is 0.137. The van der Waals surface area contributed by atoms with Gasteiger partial charge in [0.1, 0.15) is 6.79 Å². The molecule has 0 saturated heterocycles. The summed E-state index contributed by atoms with van der Waals surface area (Å²) in [6, 6.07) is 4.83. The molecule has 1 aromatic carbocycles. The number of carbonyl (C=O) groups excluding carboxylic acids is 3. The molecule has 0 fully saturated rings. The van der Waals surface area contributed by atoms with E-state index in [1.807, 2.05) is 25.8 Å². The Kier molecular flexibility index (Phi) is 18.9. The maximum absolute atomic E-state index is 13.1. The Balaban J connectivity index is 0.00000452. The summed E-state index contributed by atoms with van der Waals surface area (Å²) in [6.07, 6.45) is 17.1. The van der Waals surface area contributed by atoms with Gasteiger partial charge in [-0.15, -0.1) is 0 Å². The summed E-state index contributed by atoms with van der Waals surface area (Å²) in [4.78, 5) is 47.1. The van der Waals surface area contributed by atoms with Crippen LogP contribution in [0.25, 0.3) is 0 Å². The van der Waals surface area contributed by atoms with Crippen LogP contribution in [-0.2, 0) is 20.7 Å². The second-order valence-electron chi connectivity index (χ2n) is 11.6. The van der Waals surface area contributed by atoms with Crippen LogP contribution in [0, 0.1) is 12.8 Å². The Morgan fingerprint density at radius 2 is 1.47 bits per heavy atom. The van der Waals surface area contributed by atoms with E-state index in [0.717, 1.165) is 46.4 Å². The lowest BCUT2D eigenvalue weighted by molar-refractivity contribution is -0.141. The highest BCUT2D eigenvalue weighted by atomic mass is 16.6. The number of imide groups is 1. The molecule has 0 aromatic heterocycles. The first-order valence-corrected chi connectivity index (χ1v) is 16.3. The fourth-order valence-electron chi connectivity index (χ4n) is 5.83. The van der Waals surface area contributed by atoms with Gasteiger partial charge in [-0.25, -0.2) is 14.5 Å². The number of nitrogens with one attached hydrogen (secondary N) is 1. The molecule has 0 radical (unpaired) electrons. The third kappa shape index (κ3) is 12.5. The van der Waals surface area contributed by atoms with Gasteiger partial charge in [-0.3, -0.25) is 4.79 Å². The number of nitrogens with zero attached hydrogens (tertiary/aromatic N) is 1. The maximum atomic E-state index is 13.1. The summed E-state index contributed by atoms with van der Waals surface area (Å²) < 4.78 is 5.29. The van der Waals surface area contributed by atoms with E-state index < -0.39 is 30.1 Å². The number of urea groups is 1. The normalized spacial score (nSPS) is 15.4. The molecule has 242 valence electrons. The van der Waals surface area contributed by atoms with Gasteiger partial charge in [0.05, 0.1) is 18.6 Å². The predicted molar refractivity (Wildman–Crippen MR) is 172 cm³/mol. The van der Waals surface area contributed by atoms with Crippen molar-refractivity contribution in [3.05, 3.63) is 46.2 Å². The molecule has 2 unspecified atom stereocenters. The van der Waals surface area contributed by atoms with E-state index in [1.165, 1.54) is 70.6 Å². The Labute approximate surface area is 259 Å². The van der Waals surface area contributed by atoms with Crippen LogP contribution in [0.5, 0.6) is 0 Å². The Bertz CT molecular complexity index is 1040. The van der Waals surface area contributed by atoms with Crippen molar-refractivity contribution < 1.29 is 29.0 Å². The molecule has 1 heterocycles. The number of aliphatic carboxylic acids is 1. The van der Waals surface area contributed by atoms with E-state index in [4.69, 9.17) is 9.53 Å². The number of hydrogen-bond donors (Lipinski definition) is 2. The molecule has 2 rings (SSSR count). The quantitative estimate of drug-likeness (QED) is 0.153. The largest absolute Gasteiger partial charge is 0.481 e. The first-order valence-electron chi connectivity index (χ1n) is 16.3. The van der Waals surface area contributed by atoms with E-state index in [9.17, 15) is 19.5 Å². The molecule has 0 aliphatic carbocycles. The van der Waals surface area contributed by atoms with Crippen LogP contribution >= 0.6 is 0 Å². The number of allylic oxidation sites excluding steroid dienone is 1. The van der Waals surface area contributed by atoms with Crippen molar-refractivity contribution in [1.82, 2.24) is 10.2 Å². The fourth-order valence-corrected chi connectivity index (χ4v) is 5.83. The molecule has 2 N–H and O–H groups in total. The zero-order valence-corrected chi connectivity index (χ0v) is 27.3. The van der Waals surface area contributed by atoms with Crippen molar-refractivity contribution in [2.75, 3.05) is 6.61 Å². The molecule has 1 aliphatic heterocycles. The van der Waals surface area contributed by atoms with Gasteiger partial charge < -0.3 is 20.0 Å². The summed E-state index contributed by atoms with van der Waals surface area (Å²) in [7, 11) is 0. The van der Waals surface area contributed by atoms with Gasteiger partial charge in [-0.1, -0.05) is 109 Å². The lowest BCUT2D eigenvalue weighted by Gasteiger charge is -2.38. The Morgan fingerprint density at radius 1 is 0.930 bits per heavy atom. The molecule has 8 heteroatoms. The van der Waals surface area contributed by atoms with E-state index in [1.54, 1.807) is 20.8 Å². The van der Waals surface area contributed by atoms with Crippen LogP contribution in [0.3, 0.4) is 0 Å². The van der Waals surface area contributed by atoms with Crippen LogP contribution in [0.1, 0.15) is 140 Å². The van der Waals surface area contributed by atoms with E-state index in [-0.39, 0.29) is 13.0 Å². The number of rotatable bonds is 19. The number of hydrogen-bond acceptors (Lipinski definition) is 5. The van der Waals surface area contributed by atoms with Crippen LogP contribution in [0.15, 0.2) is 29.5 Å². The van der Waals surface area contributed by atoms with Crippen LogP contribution in [-0.4, -0.2) is 41.5 Å². The highest BCUT2D eigenvalue weighted by Crippen LogP contribution is 2.40. The molecular formula is C35H56N2O6. The number of carboxylic acids is 1. The molecule has 3 amide bonds. The predicted octanol–water partition coefficient (Wildman–Crippen LogP) is 9.05. The lowest BCUT2D eigenvalue weighted by Crippen LogP contribution is -2.50. The van der Waals surface area contributed by atoms with Gasteiger partial charge in [0, 0.05) is 5.70 Å². The molecule has 1 aliphatic rings. The SMILES string of the molecule is C=O.CCCCCCCCCCCCCCCc1cccc(C)c1C1C(CC(C)C(=O)O)=C(C)NC(=O)N1C(=O)OCC. The van der Waals surface area contributed by atoms with Crippen LogP contribution < -0.4 is 5.32 Å². The van der Waals surface area contributed by atoms with Gasteiger partial charge in [0.25, 0.3) is 0 Å². The summed E-state index contributed by atoms with van der Waals surface area (Å²) >= 11 is 0. The number of ether oxygens (including phenoxy) is 1. The minimum atomic E-state index is -0.916. The first kappa shape index (κ1) is 37.9. The third-order valence-electron chi connectivity index (χ3n) is 8.23. The number of unbranched alkanes of at least 4 members (excludes halogenated alkanes) is 12.